The van der Waals surface area contributed by atoms with Gasteiger partial charge in [-0.1, -0.05) is 30.3 Å². The molecule has 0 atom stereocenters. The first-order valence-corrected chi connectivity index (χ1v) is 9.53. The number of aliphatic hydroxyl groups is 1. The largest absolute Gasteiger partial charge is 0.396 e. The summed E-state index contributed by atoms with van der Waals surface area (Å²) in [5.74, 6) is 0.473. The molecule has 0 saturated carbocycles. The molecule has 4 nitrogen and oxygen atoms in total. The van der Waals surface area contributed by atoms with E-state index in [2.05, 4.69) is 35.2 Å². The van der Waals surface area contributed by atoms with Crippen molar-refractivity contribution in [3.05, 3.63) is 41.5 Å². The number of aliphatic hydroxyl groups excluding tert-OH is 1. The van der Waals surface area contributed by atoms with Crippen LogP contribution in [0.25, 0.3) is 5.57 Å². The van der Waals surface area contributed by atoms with Gasteiger partial charge in [-0.05, 0) is 55.2 Å². The average Bonchev–Trinajstić information content (AvgIpc) is 2.63. The van der Waals surface area contributed by atoms with Crippen LogP contribution in [0.5, 0.6) is 0 Å². The molecule has 1 saturated heterocycles. The first-order valence-electron chi connectivity index (χ1n) is 9.53. The number of rotatable bonds is 4. The number of allylic oxidation sites excluding steroid dienone is 1. The molecule has 25 heavy (non-hydrogen) atoms. The number of benzene rings is 1. The Balaban J connectivity index is 1.63. The molecule has 2 aliphatic heterocycles. The molecule has 1 aromatic rings. The molecule has 3 rings (SSSR count). The normalized spacial score (nSPS) is 22.0. The van der Waals surface area contributed by atoms with Crippen LogP contribution in [0.4, 0.5) is 0 Å². The summed E-state index contributed by atoms with van der Waals surface area (Å²) in [6, 6.07) is 8.47. The zero-order valence-electron chi connectivity index (χ0n) is 15.0. The van der Waals surface area contributed by atoms with Crippen LogP contribution >= 0.6 is 0 Å². The monoisotopic (exact) mass is 343 g/mol. The number of ether oxygens (including phenoxy) is 1. The molecule has 0 aliphatic carbocycles. The Hall–Kier alpha value is -1.65. The maximum absolute atomic E-state index is 12.8. The lowest BCUT2D eigenvalue weighted by Crippen LogP contribution is -2.40. The fourth-order valence-corrected chi connectivity index (χ4v) is 3.73. The van der Waals surface area contributed by atoms with E-state index < -0.39 is 0 Å². The van der Waals surface area contributed by atoms with Crippen LogP contribution in [0, 0.1) is 5.92 Å². The predicted molar refractivity (Wildman–Crippen MR) is 99.2 cm³/mol. The molecular formula is C21H29NO3. The molecule has 0 spiro atoms. The van der Waals surface area contributed by atoms with E-state index in [1.807, 2.05) is 0 Å². The Labute approximate surface area is 150 Å². The van der Waals surface area contributed by atoms with E-state index in [4.69, 9.17) is 9.84 Å². The summed E-state index contributed by atoms with van der Waals surface area (Å²) in [5.41, 5.74) is 3.73. The number of carbonyl (C=O) groups is 1. The van der Waals surface area contributed by atoms with E-state index in [0.717, 1.165) is 64.0 Å². The summed E-state index contributed by atoms with van der Waals surface area (Å²) in [4.78, 5) is 14.9. The maximum Gasteiger partial charge on any atom is 0.225 e. The van der Waals surface area contributed by atoms with Gasteiger partial charge in [0.1, 0.15) is 0 Å². The molecule has 0 aromatic heterocycles. The number of carbonyl (C=O) groups excluding carboxylic acids is 1. The van der Waals surface area contributed by atoms with Crippen molar-refractivity contribution < 1.29 is 14.6 Å². The third-order valence-corrected chi connectivity index (χ3v) is 5.28. The Morgan fingerprint density at radius 2 is 1.92 bits per heavy atom. The number of hydrogen-bond acceptors (Lipinski definition) is 3. The smallest absolute Gasteiger partial charge is 0.225 e. The second kappa shape index (κ2) is 9.16. The summed E-state index contributed by atoms with van der Waals surface area (Å²) in [7, 11) is 0. The molecule has 1 amide bonds. The minimum Gasteiger partial charge on any atom is -0.396 e. The van der Waals surface area contributed by atoms with Crippen molar-refractivity contribution in [2.24, 2.45) is 5.92 Å². The Bertz CT molecular complexity index is 588. The van der Waals surface area contributed by atoms with Gasteiger partial charge in [0.05, 0.1) is 0 Å². The van der Waals surface area contributed by atoms with E-state index >= 15 is 0 Å². The van der Waals surface area contributed by atoms with Gasteiger partial charge in [0.15, 0.2) is 0 Å². The van der Waals surface area contributed by atoms with Crippen molar-refractivity contribution in [3.63, 3.8) is 0 Å². The zero-order chi connectivity index (χ0) is 17.5. The highest BCUT2D eigenvalue weighted by Crippen LogP contribution is 2.25. The second-order valence-corrected chi connectivity index (χ2v) is 7.00. The minimum atomic E-state index is 0.151. The summed E-state index contributed by atoms with van der Waals surface area (Å²) < 4.78 is 5.39. The van der Waals surface area contributed by atoms with Crippen LogP contribution in [0.2, 0.25) is 0 Å². The minimum absolute atomic E-state index is 0.151. The van der Waals surface area contributed by atoms with E-state index in [9.17, 15) is 4.79 Å². The lowest BCUT2D eigenvalue weighted by molar-refractivity contribution is -0.138. The van der Waals surface area contributed by atoms with E-state index in [-0.39, 0.29) is 12.5 Å². The first-order chi connectivity index (χ1) is 12.3. The van der Waals surface area contributed by atoms with Crippen LogP contribution in [-0.2, 0) is 16.0 Å². The second-order valence-electron chi connectivity index (χ2n) is 7.00. The van der Waals surface area contributed by atoms with Gasteiger partial charge in [-0.25, -0.2) is 0 Å². The average molecular weight is 343 g/mol. The van der Waals surface area contributed by atoms with Crippen molar-refractivity contribution in [3.8, 4) is 0 Å². The molecule has 0 radical (unpaired) electrons. The van der Waals surface area contributed by atoms with E-state index in [0.29, 0.717) is 12.3 Å². The highest BCUT2D eigenvalue weighted by molar-refractivity contribution is 5.79. The van der Waals surface area contributed by atoms with Gasteiger partial charge in [-0.15, -0.1) is 0 Å². The van der Waals surface area contributed by atoms with Crippen LogP contribution in [0.3, 0.4) is 0 Å². The third kappa shape index (κ3) is 4.93. The Morgan fingerprint density at radius 1 is 1.16 bits per heavy atom. The van der Waals surface area contributed by atoms with E-state index in [1.54, 1.807) is 0 Å². The summed E-state index contributed by atoms with van der Waals surface area (Å²) in [5, 5.41) is 9.04. The van der Waals surface area contributed by atoms with Gasteiger partial charge in [0.2, 0.25) is 5.91 Å². The van der Waals surface area contributed by atoms with Crippen LogP contribution < -0.4 is 0 Å². The maximum atomic E-state index is 12.8. The SMILES string of the molecule is O=C(C1CCOCC1)N1CCC/C=C(/c2ccc(CCO)cc2)CC1. The van der Waals surface area contributed by atoms with Gasteiger partial charge < -0.3 is 14.7 Å². The highest BCUT2D eigenvalue weighted by atomic mass is 16.5. The topological polar surface area (TPSA) is 49.8 Å². The summed E-state index contributed by atoms with van der Waals surface area (Å²) in [6.07, 6.45) is 7.72. The lowest BCUT2D eigenvalue weighted by atomic mass is 9.95. The van der Waals surface area contributed by atoms with Crippen molar-refractivity contribution in [1.29, 1.82) is 0 Å². The van der Waals surface area contributed by atoms with Crippen molar-refractivity contribution >= 4 is 11.5 Å². The summed E-state index contributed by atoms with van der Waals surface area (Å²) >= 11 is 0. The van der Waals surface area contributed by atoms with Gasteiger partial charge in [-0.2, -0.15) is 0 Å². The fourth-order valence-electron chi connectivity index (χ4n) is 3.73. The van der Waals surface area contributed by atoms with Crippen LogP contribution in [0.15, 0.2) is 30.3 Å². The van der Waals surface area contributed by atoms with Gasteiger partial charge in [0.25, 0.3) is 0 Å². The van der Waals surface area contributed by atoms with Crippen molar-refractivity contribution in [2.45, 2.75) is 38.5 Å². The van der Waals surface area contributed by atoms with Gasteiger partial charge in [-0.3, -0.25) is 4.79 Å². The Kier molecular flexibility index (Phi) is 6.65. The van der Waals surface area contributed by atoms with Gasteiger partial charge in [0, 0.05) is 38.8 Å². The van der Waals surface area contributed by atoms with Crippen LogP contribution in [-0.4, -0.2) is 48.8 Å². The fraction of sp³-hybridized carbons (Fsp3) is 0.571. The zero-order valence-corrected chi connectivity index (χ0v) is 15.0. The molecule has 136 valence electrons. The molecule has 0 unspecified atom stereocenters. The molecule has 1 fully saturated rings. The van der Waals surface area contributed by atoms with E-state index in [1.165, 1.54) is 11.1 Å². The molecule has 0 bridgehead atoms. The summed E-state index contributed by atoms with van der Waals surface area (Å²) in [6.45, 7) is 3.30. The number of nitrogens with zero attached hydrogens (tertiary/aromatic N) is 1. The quantitative estimate of drug-likeness (QED) is 0.914. The van der Waals surface area contributed by atoms with Crippen molar-refractivity contribution in [2.75, 3.05) is 32.9 Å². The molecule has 1 N–H and O–H groups in total. The van der Waals surface area contributed by atoms with Crippen molar-refractivity contribution in [1.82, 2.24) is 4.90 Å². The highest BCUT2D eigenvalue weighted by Gasteiger charge is 2.26. The lowest BCUT2D eigenvalue weighted by Gasteiger charge is -2.30. The molecular weight excluding hydrogens is 314 g/mol. The standard InChI is InChI=1S/C21H29NO3/c23-14-9-17-4-6-19(7-5-17)18-3-1-2-12-22(13-8-18)21(24)20-10-15-25-16-11-20/h3-7,20,23H,1-2,8-16H2/b18-3+. The van der Waals surface area contributed by atoms with Gasteiger partial charge >= 0.3 is 0 Å². The predicted octanol–water partition coefficient (Wildman–Crippen LogP) is 3.04. The van der Waals surface area contributed by atoms with Crippen LogP contribution in [0.1, 0.15) is 43.2 Å². The third-order valence-electron chi connectivity index (χ3n) is 5.28. The number of hydrogen-bond donors (Lipinski definition) is 1. The molecule has 2 aliphatic rings. The number of amides is 1. The molecule has 1 aromatic carbocycles. The first kappa shape index (κ1) is 18.2. The Morgan fingerprint density at radius 3 is 2.64 bits per heavy atom. The molecule has 4 heteroatoms. The molecule has 2 heterocycles.